The van der Waals surface area contributed by atoms with E-state index >= 15 is 0 Å². The molecule has 112 valence electrons. The number of benzene rings is 1. The first-order valence-electron chi connectivity index (χ1n) is 6.98. The number of aliphatic hydroxyl groups excluding tert-OH is 2. The largest absolute Gasteiger partial charge is 0.396 e. The average molecular weight is 280 g/mol. The van der Waals surface area contributed by atoms with Crippen LogP contribution in [-0.4, -0.2) is 35.3 Å². The first kappa shape index (κ1) is 16.6. The fourth-order valence-electron chi connectivity index (χ4n) is 2.04. The lowest BCUT2D eigenvalue weighted by Gasteiger charge is -2.23. The van der Waals surface area contributed by atoms with Crippen LogP contribution >= 0.6 is 0 Å². The van der Waals surface area contributed by atoms with Gasteiger partial charge in [-0.25, -0.2) is 0 Å². The number of carbonyl (C=O) groups is 1. The van der Waals surface area contributed by atoms with Crippen LogP contribution < -0.4 is 10.6 Å². The topological polar surface area (TPSA) is 81.6 Å². The van der Waals surface area contributed by atoms with Crippen molar-refractivity contribution in [1.29, 1.82) is 0 Å². The summed E-state index contributed by atoms with van der Waals surface area (Å²) in [5, 5.41) is 25.0. The predicted octanol–water partition coefficient (Wildman–Crippen LogP) is 1.43. The smallest absolute Gasteiger partial charge is 0.221 e. The minimum atomic E-state index is -0.606. The van der Waals surface area contributed by atoms with Gasteiger partial charge in [-0.2, -0.15) is 0 Å². The lowest BCUT2D eigenvalue weighted by atomic mass is 10.00. The number of nitrogens with one attached hydrogen (secondary N) is 2. The van der Waals surface area contributed by atoms with Crippen LogP contribution in [0.2, 0.25) is 0 Å². The van der Waals surface area contributed by atoms with Crippen molar-refractivity contribution in [2.45, 2.75) is 38.8 Å². The number of aliphatic hydroxyl groups is 2. The van der Waals surface area contributed by atoms with E-state index in [9.17, 15) is 9.90 Å². The maximum Gasteiger partial charge on any atom is 0.221 e. The number of hydrogen-bond acceptors (Lipinski definition) is 4. The Bertz CT molecular complexity index is 406. The van der Waals surface area contributed by atoms with Crippen LogP contribution in [-0.2, 0) is 4.79 Å². The zero-order valence-corrected chi connectivity index (χ0v) is 12.1. The molecular weight excluding hydrogens is 256 g/mol. The lowest BCUT2D eigenvalue weighted by molar-refractivity contribution is -0.114. The van der Waals surface area contributed by atoms with Crippen LogP contribution in [0, 0.1) is 0 Å². The van der Waals surface area contributed by atoms with Crippen LogP contribution in [0.5, 0.6) is 0 Å². The summed E-state index contributed by atoms with van der Waals surface area (Å²) in [5.41, 5.74) is 1.53. The van der Waals surface area contributed by atoms with Gasteiger partial charge in [0.1, 0.15) is 0 Å². The zero-order valence-electron chi connectivity index (χ0n) is 12.1. The first-order chi connectivity index (χ1) is 9.58. The number of rotatable bonds is 8. The van der Waals surface area contributed by atoms with E-state index in [0.29, 0.717) is 13.0 Å². The maximum absolute atomic E-state index is 10.9. The van der Waals surface area contributed by atoms with Crippen LogP contribution in [0.4, 0.5) is 5.69 Å². The molecule has 0 aromatic heterocycles. The van der Waals surface area contributed by atoms with Crippen molar-refractivity contribution in [1.82, 2.24) is 5.32 Å². The standard InChI is InChI=1S/C15H24N2O3/c1-3-14(16-9-4-10-18)15(20)12-5-7-13(8-6-12)17-11(2)19/h5-8,14-16,18,20H,3-4,9-10H2,1-2H3,(H,17,19). The molecule has 0 fully saturated rings. The molecule has 0 aliphatic carbocycles. The number of hydrogen-bond donors (Lipinski definition) is 4. The number of anilines is 1. The average Bonchev–Trinajstić information content (AvgIpc) is 2.43. The van der Waals surface area contributed by atoms with Gasteiger partial charge in [-0.15, -0.1) is 0 Å². The summed E-state index contributed by atoms with van der Waals surface area (Å²) in [6.45, 7) is 4.29. The molecule has 0 spiro atoms. The minimum absolute atomic E-state index is 0.0480. The molecule has 1 aromatic rings. The van der Waals surface area contributed by atoms with Gasteiger partial charge in [-0.1, -0.05) is 19.1 Å². The molecule has 2 atom stereocenters. The Balaban J connectivity index is 2.64. The van der Waals surface area contributed by atoms with Crippen LogP contribution in [0.1, 0.15) is 38.4 Å². The molecule has 0 radical (unpaired) electrons. The maximum atomic E-state index is 10.9. The van der Waals surface area contributed by atoms with Gasteiger partial charge in [-0.3, -0.25) is 4.79 Å². The molecule has 0 bridgehead atoms. The van der Waals surface area contributed by atoms with Crippen molar-refractivity contribution in [3.8, 4) is 0 Å². The molecular formula is C15H24N2O3. The van der Waals surface area contributed by atoms with Crippen molar-refractivity contribution >= 4 is 11.6 Å². The van der Waals surface area contributed by atoms with Crippen molar-refractivity contribution < 1.29 is 15.0 Å². The van der Waals surface area contributed by atoms with Gasteiger partial charge >= 0.3 is 0 Å². The zero-order chi connectivity index (χ0) is 15.0. The molecule has 1 amide bonds. The fraction of sp³-hybridized carbons (Fsp3) is 0.533. The highest BCUT2D eigenvalue weighted by Gasteiger charge is 2.18. The van der Waals surface area contributed by atoms with Crippen LogP contribution in [0.3, 0.4) is 0 Å². The summed E-state index contributed by atoms with van der Waals surface area (Å²) >= 11 is 0. The second-order valence-corrected chi connectivity index (χ2v) is 4.79. The number of amides is 1. The molecule has 0 heterocycles. The highest BCUT2D eigenvalue weighted by molar-refractivity contribution is 5.88. The Kier molecular flexibility index (Phi) is 7.22. The van der Waals surface area contributed by atoms with Gasteiger partial charge in [0.2, 0.25) is 5.91 Å². The Morgan fingerprint density at radius 1 is 1.30 bits per heavy atom. The number of carbonyl (C=O) groups excluding carboxylic acids is 1. The summed E-state index contributed by atoms with van der Waals surface area (Å²) in [5.74, 6) is -0.115. The Morgan fingerprint density at radius 2 is 1.95 bits per heavy atom. The summed E-state index contributed by atoms with van der Waals surface area (Å²) in [6.07, 6.45) is 0.857. The third-order valence-electron chi connectivity index (χ3n) is 3.13. The molecule has 4 N–H and O–H groups in total. The summed E-state index contributed by atoms with van der Waals surface area (Å²) < 4.78 is 0. The van der Waals surface area contributed by atoms with Crippen LogP contribution in [0.15, 0.2) is 24.3 Å². The quantitative estimate of drug-likeness (QED) is 0.543. The summed E-state index contributed by atoms with van der Waals surface area (Å²) in [7, 11) is 0. The Hall–Kier alpha value is -1.43. The van der Waals surface area contributed by atoms with Gasteiger partial charge in [0.15, 0.2) is 0 Å². The van der Waals surface area contributed by atoms with E-state index in [1.165, 1.54) is 6.92 Å². The van der Waals surface area contributed by atoms with E-state index in [1.807, 2.05) is 19.1 Å². The highest BCUT2D eigenvalue weighted by atomic mass is 16.3. The lowest BCUT2D eigenvalue weighted by Crippen LogP contribution is -2.35. The van der Waals surface area contributed by atoms with E-state index in [4.69, 9.17) is 5.11 Å². The van der Waals surface area contributed by atoms with Crippen molar-refractivity contribution in [3.05, 3.63) is 29.8 Å². The van der Waals surface area contributed by atoms with Crippen molar-refractivity contribution in [2.75, 3.05) is 18.5 Å². The molecule has 5 heteroatoms. The van der Waals surface area contributed by atoms with Gasteiger partial charge in [0, 0.05) is 25.3 Å². The van der Waals surface area contributed by atoms with E-state index in [1.54, 1.807) is 12.1 Å². The Morgan fingerprint density at radius 3 is 2.45 bits per heavy atom. The van der Waals surface area contributed by atoms with E-state index < -0.39 is 6.10 Å². The fourth-order valence-corrected chi connectivity index (χ4v) is 2.04. The van der Waals surface area contributed by atoms with E-state index in [2.05, 4.69) is 10.6 Å². The second-order valence-electron chi connectivity index (χ2n) is 4.79. The molecule has 20 heavy (non-hydrogen) atoms. The highest BCUT2D eigenvalue weighted by Crippen LogP contribution is 2.21. The van der Waals surface area contributed by atoms with Crippen molar-refractivity contribution in [2.24, 2.45) is 0 Å². The monoisotopic (exact) mass is 280 g/mol. The van der Waals surface area contributed by atoms with E-state index in [0.717, 1.165) is 17.7 Å². The molecule has 2 unspecified atom stereocenters. The predicted molar refractivity (Wildman–Crippen MR) is 79.5 cm³/mol. The first-order valence-corrected chi connectivity index (χ1v) is 6.98. The second kappa shape index (κ2) is 8.68. The van der Waals surface area contributed by atoms with Gasteiger partial charge in [-0.05, 0) is 37.1 Å². The normalized spacial score (nSPS) is 13.8. The Labute approximate surface area is 120 Å². The molecule has 0 aliphatic heterocycles. The molecule has 0 aliphatic rings. The SMILES string of the molecule is CCC(NCCCO)C(O)c1ccc(NC(C)=O)cc1. The van der Waals surface area contributed by atoms with Crippen LogP contribution in [0.25, 0.3) is 0 Å². The molecule has 0 saturated heterocycles. The molecule has 0 saturated carbocycles. The molecule has 1 rings (SSSR count). The van der Waals surface area contributed by atoms with Gasteiger partial charge in [0.05, 0.1) is 6.10 Å². The summed E-state index contributed by atoms with van der Waals surface area (Å²) in [6, 6.07) is 7.13. The third kappa shape index (κ3) is 5.28. The molecule has 1 aromatic carbocycles. The van der Waals surface area contributed by atoms with Crippen molar-refractivity contribution in [3.63, 3.8) is 0 Å². The van der Waals surface area contributed by atoms with Gasteiger partial charge < -0.3 is 20.8 Å². The van der Waals surface area contributed by atoms with E-state index in [-0.39, 0.29) is 18.6 Å². The third-order valence-corrected chi connectivity index (χ3v) is 3.13. The minimum Gasteiger partial charge on any atom is -0.396 e. The molecule has 5 nitrogen and oxygen atoms in total. The van der Waals surface area contributed by atoms with Gasteiger partial charge in [0.25, 0.3) is 0 Å². The summed E-state index contributed by atoms with van der Waals surface area (Å²) in [4.78, 5) is 10.9.